The predicted molar refractivity (Wildman–Crippen MR) is 66.3 cm³/mol. The Morgan fingerprint density at radius 2 is 2.19 bits per heavy atom. The molecule has 2 rings (SSSR count). The number of methoxy groups -OCH3 is 1. The Labute approximate surface area is 98.0 Å². The van der Waals surface area contributed by atoms with Crippen LogP contribution in [0.15, 0.2) is 24.3 Å². The third-order valence-corrected chi connectivity index (χ3v) is 3.57. The van der Waals surface area contributed by atoms with Crippen LogP contribution in [0.1, 0.15) is 36.9 Å². The fraction of sp³-hybridized carbons (Fsp3) is 0.571. The molecule has 0 aromatic heterocycles. The molecule has 0 amide bonds. The molecule has 1 heterocycles. The maximum Gasteiger partial charge on any atom is 0.0716 e. The van der Waals surface area contributed by atoms with E-state index in [-0.39, 0.29) is 0 Å². The second kappa shape index (κ2) is 5.46. The standard InChI is InChI=1S/C14H21NO/c1-3-11-8-9-15-14(11)13-7-5-4-6-12(13)10-16-2/h4-7,11,14-15H,3,8-10H2,1-2H3. The summed E-state index contributed by atoms with van der Waals surface area (Å²) < 4.78 is 5.27. The first-order valence-electron chi connectivity index (χ1n) is 6.17. The van der Waals surface area contributed by atoms with Gasteiger partial charge in [0.2, 0.25) is 0 Å². The molecule has 0 aliphatic carbocycles. The SMILES string of the molecule is CCC1CCNC1c1ccccc1COC. The molecule has 0 radical (unpaired) electrons. The van der Waals surface area contributed by atoms with Crippen molar-refractivity contribution in [3.63, 3.8) is 0 Å². The summed E-state index contributed by atoms with van der Waals surface area (Å²) in [6, 6.07) is 9.15. The van der Waals surface area contributed by atoms with E-state index < -0.39 is 0 Å². The van der Waals surface area contributed by atoms with Crippen LogP contribution in [0.2, 0.25) is 0 Å². The van der Waals surface area contributed by atoms with Gasteiger partial charge in [-0.1, -0.05) is 37.6 Å². The maximum atomic E-state index is 5.27. The zero-order valence-corrected chi connectivity index (χ0v) is 10.2. The fourth-order valence-corrected chi connectivity index (χ4v) is 2.69. The van der Waals surface area contributed by atoms with Crippen LogP contribution in [-0.2, 0) is 11.3 Å². The lowest BCUT2D eigenvalue weighted by Gasteiger charge is -2.21. The molecular formula is C14H21NO. The molecule has 1 N–H and O–H groups in total. The molecule has 1 aromatic carbocycles. The summed E-state index contributed by atoms with van der Waals surface area (Å²) in [5.41, 5.74) is 2.75. The highest BCUT2D eigenvalue weighted by Gasteiger charge is 2.27. The number of hydrogen-bond acceptors (Lipinski definition) is 2. The first-order valence-corrected chi connectivity index (χ1v) is 6.17. The molecule has 2 heteroatoms. The summed E-state index contributed by atoms with van der Waals surface area (Å²) >= 11 is 0. The van der Waals surface area contributed by atoms with E-state index in [1.54, 1.807) is 7.11 Å². The third-order valence-electron chi connectivity index (χ3n) is 3.57. The van der Waals surface area contributed by atoms with Crippen molar-refractivity contribution < 1.29 is 4.74 Å². The monoisotopic (exact) mass is 219 g/mol. The fourth-order valence-electron chi connectivity index (χ4n) is 2.69. The summed E-state index contributed by atoms with van der Waals surface area (Å²) in [4.78, 5) is 0. The molecule has 1 aromatic rings. The number of nitrogens with one attached hydrogen (secondary N) is 1. The first kappa shape index (κ1) is 11.6. The van der Waals surface area contributed by atoms with Crippen molar-refractivity contribution >= 4 is 0 Å². The van der Waals surface area contributed by atoms with E-state index >= 15 is 0 Å². The number of benzene rings is 1. The van der Waals surface area contributed by atoms with E-state index in [4.69, 9.17) is 4.74 Å². The Kier molecular flexibility index (Phi) is 3.97. The highest BCUT2D eigenvalue weighted by molar-refractivity contribution is 5.30. The topological polar surface area (TPSA) is 21.3 Å². The van der Waals surface area contributed by atoms with Gasteiger partial charge in [0.05, 0.1) is 6.61 Å². The van der Waals surface area contributed by atoms with Crippen LogP contribution in [0.25, 0.3) is 0 Å². The minimum Gasteiger partial charge on any atom is -0.380 e. The molecule has 0 saturated carbocycles. The second-order valence-corrected chi connectivity index (χ2v) is 4.52. The van der Waals surface area contributed by atoms with Crippen LogP contribution in [-0.4, -0.2) is 13.7 Å². The summed E-state index contributed by atoms with van der Waals surface area (Å²) in [5.74, 6) is 0.776. The molecule has 0 bridgehead atoms. The van der Waals surface area contributed by atoms with Crippen LogP contribution < -0.4 is 5.32 Å². The zero-order valence-electron chi connectivity index (χ0n) is 10.2. The van der Waals surface area contributed by atoms with E-state index in [1.807, 2.05) is 0 Å². The molecule has 16 heavy (non-hydrogen) atoms. The van der Waals surface area contributed by atoms with Crippen molar-refractivity contribution in [3.8, 4) is 0 Å². The molecule has 88 valence electrons. The van der Waals surface area contributed by atoms with E-state index in [0.717, 1.165) is 12.5 Å². The minimum absolute atomic E-state index is 0.524. The van der Waals surface area contributed by atoms with Gasteiger partial charge >= 0.3 is 0 Å². The second-order valence-electron chi connectivity index (χ2n) is 4.52. The zero-order chi connectivity index (χ0) is 11.4. The van der Waals surface area contributed by atoms with Crippen molar-refractivity contribution in [2.75, 3.05) is 13.7 Å². The highest BCUT2D eigenvalue weighted by atomic mass is 16.5. The maximum absolute atomic E-state index is 5.27. The van der Waals surface area contributed by atoms with Crippen LogP contribution in [0.3, 0.4) is 0 Å². The molecule has 1 fully saturated rings. The Hall–Kier alpha value is -0.860. The van der Waals surface area contributed by atoms with Gasteiger partial charge in [0.15, 0.2) is 0 Å². The molecule has 1 aliphatic rings. The van der Waals surface area contributed by atoms with Gasteiger partial charge < -0.3 is 10.1 Å². The number of hydrogen-bond donors (Lipinski definition) is 1. The number of rotatable bonds is 4. The Balaban J connectivity index is 2.24. The summed E-state index contributed by atoms with van der Waals surface area (Å²) in [6.07, 6.45) is 2.54. The lowest BCUT2D eigenvalue weighted by Crippen LogP contribution is -2.19. The van der Waals surface area contributed by atoms with Gasteiger partial charge in [-0.05, 0) is 30.0 Å². The van der Waals surface area contributed by atoms with E-state index in [2.05, 4.69) is 36.5 Å². The van der Waals surface area contributed by atoms with Crippen molar-refractivity contribution in [3.05, 3.63) is 35.4 Å². The smallest absolute Gasteiger partial charge is 0.0716 e. The van der Waals surface area contributed by atoms with Gasteiger partial charge in [0.25, 0.3) is 0 Å². The van der Waals surface area contributed by atoms with Gasteiger partial charge in [-0.15, -0.1) is 0 Å². The quantitative estimate of drug-likeness (QED) is 0.840. The molecule has 2 atom stereocenters. The van der Waals surface area contributed by atoms with E-state index in [9.17, 15) is 0 Å². The lowest BCUT2D eigenvalue weighted by atomic mass is 9.89. The van der Waals surface area contributed by atoms with Crippen LogP contribution in [0.4, 0.5) is 0 Å². The molecule has 2 unspecified atom stereocenters. The summed E-state index contributed by atoms with van der Waals surface area (Å²) in [5, 5.41) is 3.62. The molecule has 1 aliphatic heterocycles. The predicted octanol–water partition coefficient (Wildman–Crippen LogP) is 2.89. The largest absolute Gasteiger partial charge is 0.380 e. The van der Waals surface area contributed by atoms with Gasteiger partial charge in [0, 0.05) is 13.2 Å². The van der Waals surface area contributed by atoms with Gasteiger partial charge in [0.1, 0.15) is 0 Å². The Morgan fingerprint density at radius 1 is 1.38 bits per heavy atom. The molecular weight excluding hydrogens is 198 g/mol. The Bertz CT molecular complexity index is 337. The van der Waals surface area contributed by atoms with Crippen LogP contribution in [0.5, 0.6) is 0 Å². The minimum atomic E-state index is 0.524. The van der Waals surface area contributed by atoms with Gasteiger partial charge in [-0.3, -0.25) is 0 Å². The normalized spacial score (nSPS) is 24.9. The highest BCUT2D eigenvalue weighted by Crippen LogP contribution is 2.33. The van der Waals surface area contributed by atoms with Gasteiger partial charge in [-0.2, -0.15) is 0 Å². The average molecular weight is 219 g/mol. The third kappa shape index (κ3) is 2.28. The van der Waals surface area contributed by atoms with Crippen LogP contribution in [0, 0.1) is 5.92 Å². The van der Waals surface area contributed by atoms with Crippen LogP contribution >= 0.6 is 0 Å². The average Bonchev–Trinajstić information content (AvgIpc) is 2.78. The van der Waals surface area contributed by atoms with Crippen molar-refractivity contribution in [1.29, 1.82) is 0 Å². The van der Waals surface area contributed by atoms with Gasteiger partial charge in [-0.25, -0.2) is 0 Å². The van der Waals surface area contributed by atoms with E-state index in [0.29, 0.717) is 12.6 Å². The van der Waals surface area contributed by atoms with Crippen molar-refractivity contribution in [2.24, 2.45) is 5.92 Å². The van der Waals surface area contributed by atoms with Crippen molar-refractivity contribution in [1.82, 2.24) is 5.32 Å². The summed E-state index contributed by atoms with van der Waals surface area (Å²) in [7, 11) is 1.76. The Morgan fingerprint density at radius 3 is 2.94 bits per heavy atom. The summed E-state index contributed by atoms with van der Waals surface area (Å²) in [6.45, 7) is 4.14. The molecule has 2 nitrogen and oxygen atoms in total. The molecule has 0 spiro atoms. The number of ether oxygens (including phenoxy) is 1. The lowest BCUT2D eigenvalue weighted by molar-refractivity contribution is 0.183. The molecule has 1 saturated heterocycles. The first-order chi connectivity index (χ1) is 7.86. The van der Waals surface area contributed by atoms with E-state index in [1.165, 1.54) is 24.0 Å². The van der Waals surface area contributed by atoms with Crippen molar-refractivity contribution in [2.45, 2.75) is 32.4 Å².